The molecular formula is C16H14Cl2N4O. The van der Waals surface area contributed by atoms with Crippen LogP contribution < -0.4 is 9.80 Å². The summed E-state index contributed by atoms with van der Waals surface area (Å²) in [5, 5.41) is 6.52. The fourth-order valence-electron chi connectivity index (χ4n) is 2.87. The van der Waals surface area contributed by atoms with E-state index in [9.17, 15) is 0 Å². The van der Waals surface area contributed by atoms with E-state index in [1.165, 1.54) is 0 Å². The topological polar surface area (TPSA) is 45.4 Å². The van der Waals surface area contributed by atoms with Gasteiger partial charge in [0.2, 0.25) is 0 Å². The van der Waals surface area contributed by atoms with Crippen molar-refractivity contribution in [3.63, 3.8) is 0 Å². The fraction of sp³-hybridized carbons (Fsp3) is 0.250. The van der Waals surface area contributed by atoms with Crippen molar-refractivity contribution in [3.05, 3.63) is 46.6 Å². The highest BCUT2D eigenvalue weighted by Crippen LogP contribution is 2.30. The van der Waals surface area contributed by atoms with Crippen molar-refractivity contribution in [3.8, 4) is 0 Å². The standard InChI is InChI=1S/C16H14Cl2N4O/c17-11-3-4-14-12(10-11)15(20-23-14)21-6-8-22(9-7-21)16-13(18)2-1-5-19-16/h1-5,10H,6-9H2. The number of anilines is 2. The Labute approximate surface area is 143 Å². The van der Waals surface area contributed by atoms with Gasteiger partial charge in [0.15, 0.2) is 11.4 Å². The SMILES string of the molecule is Clc1ccc2onc(N3CCN(c4ncccc4Cl)CC3)c2c1. The summed E-state index contributed by atoms with van der Waals surface area (Å²) in [4.78, 5) is 8.77. The van der Waals surface area contributed by atoms with Crippen molar-refractivity contribution in [2.24, 2.45) is 0 Å². The van der Waals surface area contributed by atoms with E-state index in [4.69, 9.17) is 27.7 Å². The summed E-state index contributed by atoms with van der Waals surface area (Å²) in [6.07, 6.45) is 1.76. The summed E-state index contributed by atoms with van der Waals surface area (Å²) in [6.45, 7) is 3.29. The molecule has 23 heavy (non-hydrogen) atoms. The zero-order valence-electron chi connectivity index (χ0n) is 12.2. The van der Waals surface area contributed by atoms with Gasteiger partial charge in [-0.2, -0.15) is 0 Å². The minimum atomic E-state index is 0.680. The number of benzene rings is 1. The second-order valence-corrected chi connectivity index (χ2v) is 6.27. The van der Waals surface area contributed by atoms with E-state index in [0.29, 0.717) is 10.0 Å². The Hall–Kier alpha value is -1.98. The molecule has 3 heterocycles. The first-order valence-electron chi connectivity index (χ1n) is 7.38. The Kier molecular flexibility index (Phi) is 3.75. The molecule has 1 saturated heterocycles. The first kappa shape index (κ1) is 14.6. The van der Waals surface area contributed by atoms with Crippen LogP contribution in [-0.2, 0) is 0 Å². The lowest BCUT2D eigenvalue weighted by Gasteiger charge is -2.35. The van der Waals surface area contributed by atoms with Gasteiger partial charge >= 0.3 is 0 Å². The van der Waals surface area contributed by atoms with E-state index in [1.54, 1.807) is 12.3 Å². The number of hydrogen-bond acceptors (Lipinski definition) is 5. The van der Waals surface area contributed by atoms with Crippen molar-refractivity contribution in [2.75, 3.05) is 36.0 Å². The number of pyridine rings is 1. The molecule has 118 valence electrons. The smallest absolute Gasteiger partial charge is 0.180 e. The van der Waals surface area contributed by atoms with Crippen LogP contribution in [0, 0.1) is 0 Å². The Morgan fingerprint density at radius 2 is 1.70 bits per heavy atom. The second-order valence-electron chi connectivity index (χ2n) is 5.43. The highest BCUT2D eigenvalue weighted by Gasteiger charge is 2.23. The van der Waals surface area contributed by atoms with Crippen molar-refractivity contribution in [2.45, 2.75) is 0 Å². The third kappa shape index (κ3) is 2.71. The maximum atomic E-state index is 6.23. The van der Waals surface area contributed by atoms with E-state index < -0.39 is 0 Å². The van der Waals surface area contributed by atoms with Crippen LogP contribution in [-0.4, -0.2) is 36.3 Å². The fourth-order valence-corrected chi connectivity index (χ4v) is 3.28. The summed E-state index contributed by atoms with van der Waals surface area (Å²) in [5.74, 6) is 1.68. The van der Waals surface area contributed by atoms with Gasteiger partial charge in [-0.1, -0.05) is 28.4 Å². The first-order valence-corrected chi connectivity index (χ1v) is 8.13. The molecule has 1 aromatic carbocycles. The van der Waals surface area contributed by atoms with E-state index >= 15 is 0 Å². The average Bonchev–Trinajstić information content (AvgIpc) is 2.98. The third-order valence-electron chi connectivity index (χ3n) is 4.03. The van der Waals surface area contributed by atoms with Crippen molar-refractivity contribution in [1.29, 1.82) is 0 Å². The molecule has 0 radical (unpaired) electrons. The van der Waals surface area contributed by atoms with Crippen LogP contribution in [0.2, 0.25) is 10.0 Å². The van der Waals surface area contributed by atoms with E-state index in [0.717, 1.165) is 48.8 Å². The van der Waals surface area contributed by atoms with E-state index in [-0.39, 0.29) is 0 Å². The molecule has 1 aliphatic heterocycles. The van der Waals surface area contributed by atoms with Crippen molar-refractivity contribution >= 4 is 45.8 Å². The predicted octanol–water partition coefficient (Wildman–Crippen LogP) is 3.86. The lowest BCUT2D eigenvalue weighted by Crippen LogP contribution is -2.47. The summed E-state index contributed by atoms with van der Waals surface area (Å²) < 4.78 is 5.39. The quantitative estimate of drug-likeness (QED) is 0.703. The van der Waals surface area contributed by atoms with Crippen LogP contribution in [0.4, 0.5) is 11.6 Å². The van der Waals surface area contributed by atoms with Crippen LogP contribution in [0.5, 0.6) is 0 Å². The zero-order chi connectivity index (χ0) is 15.8. The summed E-state index contributed by atoms with van der Waals surface area (Å²) >= 11 is 12.3. The van der Waals surface area contributed by atoms with Gasteiger partial charge in [-0.05, 0) is 30.3 Å². The van der Waals surface area contributed by atoms with E-state index in [1.807, 2.05) is 24.3 Å². The number of rotatable bonds is 2. The molecule has 1 aliphatic rings. The Bertz CT molecular complexity index is 843. The molecule has 0 amide bonds. The number of fused-ring (bicyclic) bond motifs is 1. The number of hydrogen-bond donors (Lipinski definition) is 0. The molecule has 0 aliphatic carbocycles. The first-order chi connectivity index (χ1) is 11.2. The number of nitrogens with zero attached hydrogens (tertiary/aromatic N) is 4. The van der Waals surface area contributed by atoms with Gasteiger partial charge in [0, 0.05) is 37.4 Å². The molecule has 5 nitrogen and oxygen atoms in total. The van der Waals surface area contributed by atoms with Crippen LogP contribution in [0.15, 0.2) is 41.1 Å². The molecule has 0 atom stereocenters. The van der Waals surface area contributed by atoms with E-state index in [2.05, 4.69) is 19.9 Å². The van der Waals surface area contributed by atoms with Gasteiger partial charge in [0.1, 0.15) is 5.82 Å². The molecule has 3 aromatic rings. The lowest BCUT2D eigenvalue weighted by atomic mass is 10.2. The highest BCUT2D eigenvalue weighted by molar-refractivity contribution is 6.33. The van der Waals surface area contributed by atoms with Crippen LogP contribution in [0.3, 0.4) is 0 Å². The number of aromatic nitrogens is 2. The molecule has 0 spiro atoms. The van der Waals surface area contributed by atoms with Crippen molar-refractivity contribution in [1.82, 2.24) is 10.1 Å². The highest BCUT2D eigenvalue weighted by atomic mass is 35.5. The van der Waals surface area contributed by atoms with Crippen LogP contribution in [0.25, 0.3) is 11.0 Å². The van der Waals surface area contributed by atoms with Gasteiger partial charge in [-0.3, -0.25) is 0 Å². The molecule has 0 unspecified atom stereocenters. The summed E-state index contributed by atoms with van der Waals surface area (Å²) in [7, 11) is 0. The number of piperazine rings is 1. The Balaban J connectivity index is 1.55. The summed E-state index contributed by atoms with van der Waals surface area (Å²) in [6, 6.07) is 9.25. The second kappa shape index (κ2) is 5.91. The summed E-state index contributed by atoms with van der Waals surface area (Å²) in [5.41, 5.74) is 0.750. The van der Waals surface area contributed by atoms with Gasteiger partial charge in [-0.25, -0.2) is 4.98 Å². The number of halogens is 2. The maximum absolute atomic E-state index is 6.23. The molecule has 2 aromatic heterocycles. The predicted molar refractivity (Wildman–Crippen MR) is 92.7 cm³/mol. The van der Waals surface area contributed by atoms with Gasteiger partial charge in [0.05, 0.1) is 10.4 Å². The minimum Gasteiger partial charge on any atom is -0.354 e. The lowest BCUT2D eigenvalue weighted by molar-refractivity contribution is 0.453. The third-order valence-corrected chi connectivity index (χ3v) is 4.56. The monoisotopic (exact) mass is 348 g/mol. The molecule has 1 fully saturated rings. The van der Waals surface area contributed by atoms with Crippen LogP contribution >= 0.6 is 23.2 Å². The molecule has 0 N–H and O–H groups in total. The Morgan fingerprint density at radius 1 is 0.957 bits per heavy atom. The Morgan fingerprint density at radius 3 is 2.43 bits per heavy atom. The van der Waals surface area contributed by atoms with Gasteiger partial charge in [0.25, 0.3) is 0 Å². The normalized spacial score (nSPS) is 15.4. The zero-order valence-corrected chi connectivity index (χ0v) is 13.8. The van der Waals surface area contributed by atoms with Gasteiger partial charge in [-0.15, -0.1) is 0 Å². The largest absolute Gasteiger partial charge is 0.354 e. The molecular weight excluding hydrogens is 335 g/mol. The average molecular weight is 349 g/mol. The maximum Gasteiger partial charge on any atom is 0.180 e. The van der Waals surface area contributed by atoms with Crippen molar-refractivity contribution < 1.29 is 4.52 Å². The van der Waals surface area contributed by atoms with Gasteiger partial charge < -0.3 is 14.3 Å². The van der Waals surface area contributed by atoms with Crippen LogP contribution in [0.1, 0.15) is 0 Å². The molecule has 0 saturated carbocycles. The minimum absolute atomic E-state index is 0.680. The molecule has 7 heteroatoms. The molecule has 0 bridgehead atoms. The molecule has 4 rings (SSSR count).